The SMILES string of the molecule is Cl.Cl.c1cc(CN2CCOCC2)cc(OCC2CCC3CNCCN3C2)c1. The number of hydrogen-bond acceptors (Lipinski definition) is 5. The molecule has 3 aliphatic heterocycles. The maximum absolute atomic E-state index is 6.17. The van der Waals surface area contributed by atoms with Gasteiger partial charge in [-0.3, -0.25) is 9.80 Å². The molecule has 1 aromatic rings. The summed E-state index contributed by atoms with van der Waals surface area (Å²) in [5.74, 6) is 1.69. The number of nitrogens with one attached hydrogen (secondary N) is 1. The molecule has 0 saturated carbocycles. The quantitative estimate of drug-likeness (QED) is 0.795. The molecular weight excluding hydrogens is 385 g/mol. The van der Waals surface area contributed by atoms with E-state index >= 15 is 0 Å². The van der Waals surface area contributed by atoms with Crippen LogP contribution in [0.25, 0.3) is 0 Å². The van der Waals surface area contributed by atoms with E-state index in [1.54, 1.807) is 0 Å². The summed E-state index contributed by atoms with van der Waals surface area (Å²) < 4.78 is 11.6. The van der Waals surface area contributed by atoms with E-state index in [4.69, 9.17) is 9.47 Å². The third-order valence-electron chi connectivity index (χ3n) is 5.77. The fourth-order valence-corrected chi connectivity index (χ4v) is 4.28. The molecule has 3 fully saturated rings. The molecule has 3 aliphatic rings. The van der Waals surface area contributed by atoms with E-state index in [2.05, 4.69) is 39.4 Å². The van der Waals surface area contributed by atoms with Crippen LogP contribution in [0.4, 0.5) is 0 Å². The van der Waals surface area contributed by atoms with Crippen LogP contribution in [0, 0.1) is 5.92 Å². The second-order valence-corrected chi connectivity index (χ2v) is 7.64. The monoisotopic (exact) mass is 417 g/mol. The van der Waals surface area contributed by atoms with E-state index in [1.807, 2.05) is 0 Å². The highest BCUT2D eigenvalue weighted by Gasteiger charge is 2.30. The van der Waals surface area contributed by atoms with Gasteiger partial charge in [0.15, 0.2) is 0 Å². The molecule has 27 heavy (non-hydrogen) atoms. The Balaban J connectivity index is 0.00000131. The van der Waals surface area contributed by atoms with E-state index in [1.165, 1.54) is 31.5 Å². The van der Waals surface area contributed by atoms with Crippen molar-refractivity contribution in [3.63, 3.8) is 0 Å². The predicted octanol–water partition coefficient (Wildman–Crippen LogP) is 2.42. The molecule has 0 bridgehead atoms. The summed E-state index contributed by atoms with van der Waals surface area (Å²) >= 11 is 0. The molecule has 1 N–H and O–H groups in total. The lowest BCUT2D eigenvalue weighted by Crippen LogP contribution is -2.55. The second-order valence-electron chi connectivity index (χ2n) is 7.64. The Hall–Kier alpha value is -0.560. The fourth-order valence-electron chi connectivity index (χ4n) is 4.28. The van der Waals surface area contributed by atoms with Crippen LogP contribution in [0.1, 0.15) is 18.4 Å². The van der Waals surface area contributed by atoms with Crippen LogP contribution in [-0.4, -0.2) is 74.9 Å². The van der Waals surface area contributed by atoms with Crippen LogP contribution in [0.5, 0.6) is 5.75 Å². The number of hydrogen-bond donors (Lipinski definition) is 1. The van der Waals surface area contributed by atoms with Crippen LogP contribution < -0.4 is 10.1 Å². The summed E-state index contributed by atoms with van der Waals surface area (Å²) in [6, 6.07) is 9.39. The summed E-state index contributed by atoms with van der Waals surface area (Å²) in [6.45, 7) is 10.3. The molecule has 2 unspecified atom stereocenters. The second kappa shape index (κ2) is 11.4. The van der Waals surface area contributed by atoms with E-state index < -0.39 is 0 Å². The summed E-state index contributed by atoms with van der Waals surface area (Å²) in [4.78, 5) is 5.11. The Morgan fingerprint density at radius 2 is 1.96 bits per heavy atom. The largest absolute Gasteiger partial charge is 0.493 e. The van der Waals surface area contributed by atoms with E-state index in [0.717, 1.165) is 64.3 Å². The van der Waals surface area contributed by atoms with Crippen LogP contribution in [0.3, 0.4) is 0 Å². The highest BCUT2D eigenvalue weighted by Crippen LogP contribution is 2.24. The van der Waals surface area contributed by atoms with Gasteiger partial charge in [-0.25, -0.2) is 0 Å². The molecule has 0 amide bonds. The highest BCUT2D eigenvalue weighted by atomic mass is 35.5. The molecular formula is C20H33Cl2N3O2. The highest BCUT2D eigenvalue weighted by molar-refractivity contribution is 5.85. The molecule has 7 heteroatoms. The van der Waals surface area contributed by atoms with Crippen LogP contribution in [-0.2, 0) is 11.3 Å². The maximum atomic E-state index is 6.17. The zero-order valence-electron chi connectivity index (χ0n) is 16.0. The average Bonchev–Trinajstić information content (AvgIpc) is 2.67. The number of nitrogens with zero attached hydrogens (tertiary/aromatic N) is 2. The molecule has 3 saturated heterocycles. The molecule has 0 aliphatic carbocycles. The summed E-state index contributed by atoms with van der Waals surface area (Å²) in [5, 5.41) is 3.51. The Labute approximate surface area is 175 Å². The number of halogens is 2. The maximum Gasteiger partial charge on any atom is 0.119 e. The average molecular weight is 418 g/mol. The molecule has 4 rings (SSSR count). The number of ether oxygens (including phenoxy) is 2. The van der Waals surface area contributed by atoms with E-state index in [0.29, 0.717) is 5.92 Å². The normalized spacial score (nSPS) is 26.4. The van der Waals surface area contributed by atoms with Gasteiger partial charge in [0.2, 0.25) is 0 Å². The smallest absolute Gasteiger partial charge is 0.119 e. The standard InChI is InChI=1S/C20H31N3O2.2ClH/c1-2-17(14-22-8-10-24-11-9-22)12-20(3-1)25-16-18-4-5-19-13-21-6-7-23(19)15-18;;/h1-3,12,18-19,21H,4-11,13-16H2;2*1H. The first-order chi connectivity index (χ1) is 12.4. The number of benzene rings is 1. The summed E-state index contributed by atoms with van der Waals surface area (Å²) in [6.07, 6.45) is 2.59. The van der Waals surface area contributed by atoms with Gasteiger partial charge in [0, 0.05) is 57.8 Å². The number of fused-ring (bicyclic) bond motifs is 1. The van der Waals surface area contributed by atoms with Crippen molar-refractivity contribution < 1.29 is 9.47 Å². The first-order valence-electron chi connectivity index (χ1n) is 9.83. The Morgan fingerprint density at radius 3 is 2.81 bits per heavy atom. The van der Waals surface area contributed by atoms with Crippen LogP contribution >= 0.6 is 24.8 Å². The first kappa shape index (κ1) is 22.7. The van der Waals surface area contributed by atoms with Crippen molar-refractivity contribution in [2.75, 3.05) is 59.1 Å². The minimum atomic E-state index is 0. The molecule has 3 heterocycles. The lowest BCUT2D eigenvalue weighted by Gasteiger charge is -2.42. The van der Waals surface area contributed by atoms with Crippen molar-refractivity contribution >= 4 is 24.8 Å². The van der Waals surface area contributed by atoms with Crippen molar-refractivity contribution in [3.05, 3.63) is 29.8 Å². The summed E-state index contributed by atoms with van der Waals surface area (Å²) in [7, 11) is 0. The molecule has 5 nitrogen and oxygen atoms in total. The summed E-state index contributed by atoms with van der Waals surface area (Å²) in [5.41, 5.74) is 1.34. The van der Waals surface area contributed by atoms with Gasteiger partial charge in [0.25, 0.3) is 0 Å². The van der Waals surface area contributed by atoms with Gasteiger partial charge in [0.05, 0.1) is 19.8 Å². The van der Waals surface area contributed by atoms with Gasteiger partial charge in [-0.05, 0) is 30.5 Å². The van der Waals surface area contributed by atoms with E-state index in [-0.39, 0.29) is 24.8 Å². The molecule has 0 radical (unpaired) electrons. The van der Waals surface area contributed by atoms with Crippen molar-refractivity contribution in [1.82, 2.24) is 15.1 Å². The number of piperidine rings is 1. The molecule has 2 atom stereocenters. The van der Waals surface area contributed by atoms with Crippen LogP contribution in [0.15, 0.2) is 24.3 Å². The third-order valence-corrected chi connectivity index (χ3v) is 5.77. The third kappa shape index (κ3) is 6.48. The zero-order chi connectivity index (χ0) is 16.9. The Kier molecular flexibility index (Phi) is 9.63. The van der Waals surface area contributed by atoms with Gasteiger partial charge >= 0.3 is 0 Å². The minimum Gasteiger partial charge on any atom is -0.493 e. The first-order valence-corrected chi connectivity index (χ1v) is 9.83. The fraction of sp³-hybridized carbons (Fsp3) is 0.700. The zero-order valence-corrected chi connectivity index (χ0v) is 17.6. The van der Waals surface area contributed by atoms with Gasteiger partial charge in [-0.15, -0.1) is 24.8 Å². The van der Waals surface area contributed by atoms with Crippen LogP contribution in [0.2, 0.25) is 0 Å². The lowest BCUT2D eigenvalue weighted by molar-refractivity contribution is 0.0341. The topological polar surface area (TPSA) is 37.0 Å². The van der Waals surface area contributed by atoms with Crippen molar-refractivity contribution in [1.29, 1.82) is 0 Å². The number of piperazine rings is 1. The minimum absolute atomic E-state index is 0. The predicted molar refractivity (Wildman–Crippen MR) is 113 cm³/mol. The van der Waals surface area contributed by atoms with Gasteiger partial charge < -0.3 is 14.8 Å². The van der Waals surface area contributed by atoms with Crippen molar-refractivity contribution in [2.45, 2.75) is 25.4 Å². The van der Waals surface area contributed by atoms with E-state index in [9.17, 15) is 0 Å². The molecule has 0 spiro atoms. The van der Waals surface area contributed by atoms with Crippen molar-refractivity contribution in [3.8, 4) is 5.75 Å². The van der Waals surface area contributed by atoms with Gasteiger partial charge in [-0.1, -0.05) is 12.1 Å². The number of morpholine rings is 1. The molecule has 0 aromatic heterocycles. The Morgan fingerprint density at radius 1 is 1.11 bits per heavy atom. The van der Waals surface area contributed by atoms with Gasteiger partial charge in [-0.2, -0.15) is 0 Å². The Bertz CT molecular complexity index is 558. The number of rotatable bonds is 5. The molecule has 154 valence electrons. The van der Waals surface area contributed by atoms with Crippen molar-refractivity contribution in [2.24, 2.45) is 5.92 Å². The van der Waals surface area contributed by atoms with Gasteiger partial charge in [0.1, 0.15) is 5.75 Å². The molecule has 1 aromatic carbocycles. The lowest BCUT2D eigenvalue weighted by atomic mass is 9.92.